The topological polar surface area (TPSA) is 34.4 Å². The highest BCUT2D eigenvalue weighted by molar-refractivity contribution is 5.97. The molecule has 4 aliphatic carbocycles. The number of aryl methyl sites for hydroxylation is 1. The summed E-state index contributed by atoms with van der Waals surface area (Å²) < 4.78 is 2.29. The van der Waals surface area contributed by atoms with Crippen molar-refractivity contribution in [3.8, 4) is 0 Å². The average Bonchev–Trinajstić information content (AvgIpc) is 2.78. The van der Waals surface area contributed by atoms with Gasteiger partial charge in [-0.15, -0.1) is 0 Å². The van der Waals surface area contributed by atoms with E-state index in [9.17, 15) is 4.79 Å². The van der Waals surface area contributed by atoms with Crippen molar-refractivity contribution < 1.29 is 0 Å². The first-order chi connectivity index (χ1) is 12.2. The van der Waals surface area contributed by atoms with Crippen molar-refractivity contribution in [2.24, 2.45) is 11.8 Å². The first kappa shape index (κ1) is 14.1. The van der Waals surface area contributed by atoms with Crippen LogP contribution in [0.15, 0.2) is 35.3 Å². The van der Waals surface area contributed by atoms with Gasteiger partial charge < -0.3 is 4.40 Å². The molecule has 7 rings (SSSR count). The zero-order valence-corrected chi connectivity index (χ0v) is 14.5. The third kappa shape index (κ3) is 1.81. The second-order valence-corrected chi connectivity index (χ2v) is 8.57. The number of aromatic nitrogens is 2. The quantitative estimate of drug-likeness (QED) is 0.567. The van der Waals surface area contributed by atoms with Gasteiger partial charge in [-0.2, -0.15) is 4.98 Å². The Morgan fingerprint density at radius 3 is 2.40 bits per heavy atom. The minimum absolute atomic E-state index is 0.0930. The number of benzene rings is 1. The lowest BCUT2D eigenvalue weighted by molar-refractivity contribution is 0.165. The molecule has 0 saturated heterocycles. The van der Waals surface area contributed by atoms with Crippen LogP contribution in [0.4, 0.5) is 0 Å². The van der Waals surface area contributed by atoms with Gasteiger partial charge in [-0.05, 0) is 67.7 Å². The molecule has 2 saturated carbocycles. The molecule has 0 aliphatic heterocycles. The number of rotatable bonds is 0. The Morgan fingerprint density at radius 1 is 0.960 bits per heavy atom. The van der Waals surface area contributed by atoms with Crippen molar-refractivity contribution in [2.45, 2.75) is 50.9 Å². The number of hydrogen-bond acceptors (Lipinski definition) is 2. The molecule has 2 aromatic heterocycles. The Hall–Kier alpha value is -2.16. The van der Waals surface area contributed by atoms with E-state index >= 15 is 0 Å². The molecule has 4 bridgehead atoms. The van der Waals surface area contributed by atoms with Gasteiger partial charge in [-0.1, -0.05) is 24.3 Å². The van der Waals surface area contributed by atoms with Crippen LogP contribution in [0.3, 0.4) is 0 Å². The van der Waals surface area contributed by atoms with Crippen LogP contribution in [0.1, 0.15) is 60.8 Å². The second kappa shape index (κ2) is 4.72. The highest BCUT2D eigenvalue weighted by atomic mass is 16.1. The summed E-state index contributed by atoms with van der Waals surface area (Å²) in [7, 11) is 0. The number of fused-ring (bicyclic) bond motifs is 3. The Kier molecular flexibility index (Phi) is 2.65. The lowest BCUT2D eigenvalue weighted by Gasteiger charge is -2.38. The molecule has 1 aromatic carbocycles. The van der Waals surface area contributed by atoms with E-state index < -0.39 is 0 Å². The molecule has 2 atom stereocenters. The van der Waals surface area contributed by atoms with Gasteiger partial charge in [0.25, 0.3) is 5.56 Å². The lowest BCUT2D eigenvalue weighted by Crippen LogP contribution is -2.26. The van der Waals surface area contributed by atoms with Crippen molar-refractivity contribution in [2.75, 3.05) is 0 Å². The minimum atomic E-state index is -0.0930. The summed E-state index contributed by atoms with van der Waals surface area (Å²) in [6.45, 7) is 1.89. The Balaban J connectivity index is 1.84. The summed E-state index contributed by atoms with van der Waals surface area (Å²) in [5, 5.41) is 2.48. The maximum atomic E-state index is 12.3. The van der Waals surface area contributed by atoms with Crippen LogP contribution >= 0.6 is 0 Å². The molecule has 126 valence electrons. The van der Waals surface area contributed by atoms with Crippen LogP contribution in [-0.4, -0.2) is 9.38 Å². The molecule has 0 amide bonds. The smallest absolute Gasteiger partial charge is 0.276 e. The van der Waals surface area contributed by atoms with Gasteiger partial charge in [0.05, 0.1) is 0 Å². The molecule has 0 radical (unpaired) electrons. The van der Waals surface area contributed by atoms with Crippen LogP contribution in [0.2, 0.25) is 0 Å². The third-order valence-corrected chi connectivity index (χ3v) is 7.02. The molecule has 3 nitrogen and oxygen atoms in total. The molecular weight excluding hydrogens is 308 g/mol. The van der Waals surface area contributed by atoms with Crippen molar-refractivity contribution in [1.82, 2.24) is 9.38 Å². The Morgan fingerprint density at radius 2 is 1.64 bits per heavy atom. The molecule has 25 heavy (non-hydrogen) atoms. The molecule has 2 unspecified atom stereocenters. The standard InChI is InChI=1S/C22H22N2O/c1-12-11-24-20-16-9-13-6-14(10-16)8-15(7-13)19(20)17-4-2-3-5-18(17)21(24)23-22(12)25/h2-5,11,13-16H,6-10H2,1H3. The number of pyridine rings is 1. The van der Waals surface area contributed by atoms with Crippen LogP contribution in [0.5, 0.6) is 0 Å². The van der Waals surface area contributed by atoms with Crippen LogP contribution in [0, 0.1) is 18.8 Å². The van der Waals surface area contributed by atoms with E-state index in [1.165, 1.54) is 43.2 Å². The average molecular weight is 330 g/mol. The fraction of sp³-hybridized carbons (Fsp3) is 0.455. The van der Waals surface area contributed by atoms with E-state index in [-0.39, 0.29) is 5.56 Å². The van der Waals surface area contributed by atoms with E-state index in [4.69, 9.17) is 0 Å². The summed E-state index contributed by atoms with van der Waals surface area (Å²) in [5.41, 5.74) is 4.55. The summed E-state index contributed by atoms with van der Waals surface area (Å²) in [4.78, 5) is 16.8. The van der Waals surface area contributed by atoms with E-state index in [0.717, 1.165) is 28.4 Å². The molecule has 0 N–H and O–H groups in total. The maximum absolute atomic E-state index is 12.3. The van der Waals surface area contributed by atoms with Gasteiger partial charge in [0.15, 0.2) is 0 Å². The predicted octanol–water partition coefficient (Wildman–Crippen LogP) is 4.55. The van der Waals surface area contributed by atoms with Crippen molar-refractivity contribution in [1.29, 1.82) is 0 Å². The zero-order valence-electron chi connectivity index (χ0n) is 14.5. The van der Waals surface area contributed by atoms with E-state index in [0.29, 0.717) is 11.8 Å². The zero-order chi connectivity index (χ0) is 16.7. The molecule has 2 fully saturated rings. The van der Waals surface area contributed by atoms with Gasteiger partial charge in [0, 0.05) is 28.8 Å². The fourth-order valence-electron chi connectivity index (χ4n) is 6.26. The van der Waals surface area contributed by atoms with E-state index in [1.807, 2.05) is 6.92 Å². The van der Waals surface area contributed by atoms with Gasteiger partial charge in [0.2, 0.25) is 0 Å². The largest absolute Gasteiger partial charge is 0.304 e. The van der Waals surface area contributed by atoms with Gasteiger partial charge in [0.1, 0.15) is 5.65 Å². The SMILES string of the molecule is Cc1cn2c3c(c4ccccc4c2nc1=O)C1CC2CC(C1)CC3C2. The van der Waals surface area contributed by atoms with Gasteiger partial charge in [-0.25, -0.2) is 0 Å². The molecule has 3 heteroatoms. The summed E-state index contributed by atoms with van der Waals surface area (Å²) >= 11 is 0. The van der Waals surface area contributed by atoms with Crippen LogP contribution in [0.25, 0.3) is 16.4 Å². The van der Waals surface area contributed by atoms with Crippen molar-refractivity contribution in [3.63, 3.8) is 0 Å². The monoisotopic (exact) mass is 330 g/mol. The van der Waals surface area contributed by atoms with Crippen molar-refractivity contribution >= 4 is 16.4 Å². The summed E-state index contributed by atoms with van der Waals surface area (Å²) in [5.74, 6) is 3.08. The molecule has 0 spiro atoms. The minimum Gasteiger partial charge on any atom is -0.304 e. The molecule has 2 heterocycles. The Bertz CT molecular complexity index is 1080. The van der Waals surface area contributed by atoms with Crippen molar-refractivity contribution in [3.05, 3.63) is 57.6 Å². The molecule has 3 aromatic rings. The van der Waals surface area contributed by atoms with Gasteiger partial charge >= 0.3 is 0 Å². The van der Waals surface area contributed by atoms with E-state index in [1.54, 1.807) is 5.56 Å². The summed E-state index contributed by atoms with van der Waals surface area (Å²) in [6.07, 6.45) is 8.83. The number of nitrogens with zero attached hydrogens (tertiary/aromatic N) is 2. The fourth-order valence-corrected chi connectivity index (χ4v) is 6.26. The van der Waals surface area contributed by atoms with Crippen LogP contribution in [-0.2, 0) is 0 Å². The maximum Gasteiger partial charge on any atom is 0.276 e. The summed E-state index contributed by atoms with van der Waals surface area (Å²) in [6, 6.07) is 8.61. The lowest BCUT2D eigenvalue weighted by atomic mass is 9.67. The first-order valence-corrected chi connectivity index (χ1v) is 9.63. The highest BCUT2D eigenvalue weighted by Gasteiger charge is 2.43. The molecular formula is C22H22N2O. The molecule has 4 aliphatic rings. The number of hydrogen-bond donors (Lipinski definition) is 0. The van der Waals surface area contributed by atoms with E-state index in [2.05, 4.69) is 39.8 Å². The second-order valence-electron chi connectivity index (χ2n) is 8.57. The first-order valence-electron chi connectivity index (χ1n) is 9.63. The third-order valence-electron chi connectivity index (χ3n) is 7.02. The van der Waals surface area contributed by atoms with Crippen LogP contribution < -0.4 is 5.56 Å². The Labute approximate surface area is 146 Å². The highest BCUT2D eigenvalue weighted by Crippen LogP contribution is 2.57. The van der Waals surface area contributed by atoms with Gasteiger partial charge in [-0.3, -0.25) is 4.79 Å². The predicted molar refractivity (Wildman–Crippen MR) is 99.3 cm³/mol. The normalized spacial score (nSPS) is 30.0.